The standard InChI is InChI=1S/C33H40N3/c1-32(2)25-13-9-11-15-27(25)35(7)29(32)21-19-23-17-18-24(31(23)34(5)6)20-22-30-33(3,4)26-14-10-12-16-28(26)36(30)8/h9-16,19-21,24H,17-18H2,1-8H3/q+1. The minimum absolute atomic E-state index is 0.00332. The van der Waals surface area contributed by atoms with Crippen molar-refractivity contribution in [2.75, 3.05) is 38.0 Å². The number of para-hydroxylation sites is 2. The summed E-state index contributed by atoms with van der Waals surface area (Å²) in [5.41, 5.74) is 14.5. The molecule has 0 saturated heterocycles. The normalized spacial score (nSPS) is 23.8. The lowest BCUT2D eigenvalue weighted by Crippen LogP contribution is -2.23. The summed E-state index contributed by atoms with van der Waals surface area (Å²) in [6.45, 7) is 9.29. The predicted molar refractivity (Wildman–Crippen MR) is 153 cm³/mol. The fourth-order valence-corrected chi connectivity index (χ4v) is 6.66. The smallest absolute Gasteiger partial charge is 0.186 e. The van der Waals surface area contributed by atoms with Gasteiger partial charge in [0, 0.05) is 47.6 Å². The van der Waals surface area contributed by atoms with Gasteiger partial charge >= 0.3 is 0 Å². The van der Waals surface area contributed by atoms with Gasteiger partial charge in [0.1, 0.15) is 14.1 Å². The first-order valence-corrected chi connectivity index (χ1v) is 13.1. The maximum absolute atomic E-state index is 3.76. The third kappa shape index (κ3) is 3.69. The van der Waals surface area contributed by atoms with Gasteiger partial charge < -0.3 is 9.80 Å². The Bertz CT molecular complexity index is 1370. The first-order valence-electron chi connectivity index (χ1n) is 13.1. The predicted octanol–water partition coefficient (Wildman–Crippen LogP) is 6.81. The van der Waals surface area contributed by atoms with Crippen LogP contribution in [0.3, 0.4) is 0 Å². The molecule has 0 amide bonds. The number of nitrogens with zero attached hydrogens (tertiary/aromatic N) is 3. The lowest BCUT2D eigenvalue weighted by molar-refractivity contribution is -0.465. The van der Waals surface area contributed by atoms with Crippen molar-refractivity contribution < 1.29 is 4.58 Å². The first-order chi connectivity index (χ1) is 17.0. The van der Waals surface area contributed by atoms with E-state index in [1.807, 2.05) is 0 Å². The van der Waals surface area contributed by atoms with Crippen LogP contribution in [0.5, 0.6) is 0 Å². The maximum atomic E-state index is 3.76. The zero-order valence-electron chi connectivity index (χ0n) is 23.2. The summed E-state index contributed by atoms with van der Waals surface area (Å²) in [6.07, 6.45) is 9.26. The van der Waals surface area contributed by atoms with Gasteiger partial charge in [-0.15, -0.1) is 5.73 Å². The Hall–Kier alpha value is -3.29. The van der Waals surface area contributed by atoms with Gasteiger partial charge in [-0.05, 0) is 62.1 Å². The molecule has 186 valence electrons. The van der Waals surface area contributed by atoms with Crippen LogP contribution in [0.4, 0.5) is 11.4 Å². The van der Waals surface area contributed by atoms with Crippen LogP contribution in [0.15, 0.2) is 89.5 Å². The Morgan fingerprint density at radius 3 is 2.00 bits per heavy atom. The quantitative estimate of drug-likeness (QED) is 0.346. The van der Waals surface area contributed by atoms with Crippen LogP contribution in [0, 0.1) is 5.92 Å². The largest absolute Gasteiger partial charge is 0.347 e. The van der Waals surface area contributed by atoms with E-state index in [2.05, 4.69) is 143 Å². The van der Waals surface area contributed by atoms with Gasteiger partial charge in [-0.1, -0.05) is 56.3 Å². The van der Waals surface area contributed by atoms with Crippen molar-refractivity contribution in [2.45, 2.75) is 51.4 Å². The van der Waals surface area contributed by atoms with Gasteiger partial charge in [0.15, 0.2) is 5.71 Å². The molecule has 3 aliphatic rings. The van der Waals surface area contributed by atoms with Crippen molar-refractivity contribution in [3.63, 3.8) is 0 Å². The highest BCUT2D eigenvalue weighted by Gasteiger charge is 2.40. The molecule has 0 aromatic heterocycles. The molecule has 0 spiro atoms. The minimum Gasteiger partial charge on any atom is -0.347 e. The van der Waals surface area contributed by atoms with Crippen LogP contribution >= 0.6 is 0 Å². The maximum Gasteiger partial charge on any atom is 0.186 e. The molecular formula is C33H40N3+. The number of hydrogen-bond acceptors (Lipinski definition) is 2. The van der Waals surface area contributed by atoms with Crippen molar-refractivity contribution >= 4 is 17.1 Å². The van der Waals surface area contributed by atoms with Crippen molar-refractivity contribution in [3.05, 3.63) is 101 Å². The summed E-state index contributed by atoms with van der Waals surface area (Å²) in [4.78, 5) is 4.67. The molecule has 2 heterocycles. The number of benzene rings is 2. The zero-order chi connectivity index (χ0) is 25.8. The molecule has 0 bridgehead atoms. The third-order valence-electron chi connectivity index (χ3n) is 8.56. The fraction of sp³-hybridized carbons (Fsp3) is 0.394. The highest BCUT2D eigenvalue weighted by atomic mass is 15.2. The van der Waals surface area contributed by atoms with Gasteiger partial charge in [-0.25, -0.2) is 4.58 Å². The van der Waals surface area contributed by atoms with E-state index in [1.54, 1.807) is 0 Å². The van der Waals surface area contributed by atoms with Crippen LogP contribution in [0.2, 0.25) is 0 Å². The molecule has 0 radical (unpaired) electrons. The molecule has 1 saturated carbocycles. The molecule has 1 atom stereocenters. The van der Waals surface area contributed by atoms with Crippen molar-refractivity contribution in [1.29, 1.82) is 0 Å². The second kappa shape index (κ2) is 8.68. The number of fused-ring (bicyclic) bond motifs is 2. The van der Waals surface area contributed by atoms with Gasteiger partial charge in [0.25, 0.3) is 0 Å². The van der Waals surface area contributed by atoms with Gasteiger partial charge in [-0.3, -0.25) is 0 Å². The number of allylic oxidation sites excluding steroid dienone is 5. The van der Waals surface area contributed by atoms with E-state index in [1.165, 1.54) is 45.2 Å². The van der Waals surface area contributed by atoms with E-state index >= 15 is 0 Å². The Labute approximate surface area is 217 Å². The number of rotatable bonds is 2. The average Bonchev–Trinajstić information content (AvgIpc) is 3.40. The summed E-state index contributed by atoms with van der Waals surface area (Å²) >= 11 is 0. The first kappa shape index (κ1) is 24.4. The number of anilines is 2. The number of hydrogen-bond donors (Lipinski definition) is 0. The Morgan fingerprint density at radius 2 is 1.42 bits per heavy atom. The monoisotopic (exact) mass is 478 g/mol. The average molecular weight is 479 g/mol. The summed E-state index contributed by atoms with van der Waals surface area (Å²) < 4.78 is 2.31. The SMILES string of the molecule is CN1C(=C=CC2CC/C(=C/C=C3/N(C)c4ccccc4C3(C)C)C2=[N+](C)C)C(C)(C)c2ccccc21. The van der Waals surface area contributed by atoms with E-state index < -0.39 is 0 Å². The molecule has 1 fully saturated rings. The summed E-state index contributed by atoms with van der Waals surface area (Å²) in [5.74, 6) is 0.372. The molecule has 36 heavy (non-hydrogen) atoms. The highest BCUT2D eigenvalue weighted by molar-refractivity contribution is 6.01. The van der Waals surface area contributed by atoms with E-state index in [4.69, 9.17) is 0 Å². The topological polar surface area (TPSA) is 9.49 Å². The lowest BCUT2D eigenvalue weighted by Gasteiger charge is -2.23. The van der Waals surface area contributed by atoms with Gasteiger partial charge in [0.2, 0.25) is 0 Å². The van der Waals surface area contributed by atoms with E-state index in [0.717, 1.165) is 12.8 Å². The van der Waals surface area contributed by atoms with Crippen LogP contribution in [0.25, 0.3) is 0 Å². The Balaban J connectivity index is 1.48. The molecule has 5 rings (SSSR count). The Kier molecular flexibility index (Phi) is 5.88. The summed E-state index contributed by atoms with van der Waals surface area (Å²) in [6, 6.07) is 17.5. The molecule has 3 nitrogen and oxygen atoms in total. The highest BCUT2D eigenvalue weighted by Crippen LogP contribution is 2.47. The van der Waals surface area contributed by atoms with Gasteiger partial charge in [0.05, 0.1) is 11.6 Å². The molecule has 1 aliphatic carbocycles. The third-order valence-corrected chi connectivity index (χ3v) is 8.56. The van der Waals surface area contributed by atoms with Crippen molar-refractivity contribution in [1.82, 2.24) is 0 Å². The van der Waals surface area contributed by atoms with Crippen molar-refractivity contribution in [2.24, 2.45) is 5.92 Å². The van der Waals surface area contributed by atoms with E-state index in [9.17, 15) is 0 Å². The molecular weight excluding hydrogens is 438 g/mol. The second-order valence-corrected chi connectivity index (χ2v) is 11.7. The van der Waals surface area contributed by atoms with Crippen molar-refractivity contribution in [3.8, 4) is 0 Å². The second-order valence-electron chi connectivity index (χ2n) is 11.7. The van der Waals surface area contributed by atoms with Crippen LogP contribution in [0.1, 0.15) is 51.7 Å². The molecule has 2 aromatic rings. The van der Waals surface area contributed by atoms with E-state index in [0.29, 0.717) is 5.92 Å². The molecule has 1 unspecified atom stereocenters. The molecule has 2 aliphatic heterocycles. The lowest BCUT2D eigenvalue weighted by atomic mass is 9.83. The minimum atomic E-state index is -0.0462. The number of likely N-dealkylation sites (N-methyl/N-ethyl adjacent to an activating group) is 2. The molecule has 0 N–H and O–H groups in total. The zero-order valence-corrected chi connectivity index (χ0v) is 23.2. The van der Waals surface area contributed by atoms with Gasteiger partial charge in [-0.2, -0.15) is 0 Å². The summed E-state index contributed by atoms with van der Waals surface area (Å²) in [7, 11) is 8.72. The molecule has 3 heteroatoms. The van der Waals surface area contributed by atoms with Crippen LogP contribution in [-0.4, -0.2) is 38.5 Å². The summed E-state index contributed by atoms with van der Waals surface area (Å²) in [5, 5.41) is 0. The molecule has 2 aromatic carbocycles. The van der Waals surface area contributed by atoms with Crippen LogP contribution < -0.4 is 9.80 Å². The fourth-order valence-electron chi connectivity index (χ4n) is 6.66. The van der Waals surface area contributed by atoms with Crippen LogP contribution in [-0.2, 0) is 10.8 Å². The van der Waals surface area contributed by atoms with E-state index in [-0.39, 0.29) is 10.8 Å². The Morgan fingerprint density at radius 1 is 0.833 bits per heavy atom.